The van der Waals surface area contributed by atoms with Gasteiger partial charge in [-0.3, -0.25) is 0 Å². The lowest BCUT2D eigenvalue weighted by atomic mass is 10.2. The van der Waals surface area contributed by atoms with Crippen LogP contribution in [0.15, 0.2) is 51.3 Å². The molecule has 2 aromatic carbocycles. The highest BCUT2D eigenvalue weighted by Gasteiger charge is 2.02. The lowest BCUT2D eigenvalue weighted by molar-refractivity contribution is 0.559. The summed E-state index contributed by atoms with van der Waals surface area (Å²) in [5.41, 5.74) is 4.79. The third kappa shape index (κ3) is 3.97. The molecule has 4 aromatic rings. The number of nitrogens with zero attached hydrogens (tertiary/aromatic N) is 2. The molecular weight excluding hydrogens is 288 g/mol. The van der Waals surface area contributed by atoms with E-state index < -0.39 is 0 Å². The van der Waals surface area contributed by atoms with Crippen LogP contribution in [0.5, 0.6) is 0 Å². The number of fused-ring (bicyclic) bond motifs is 2. The van der Waals surface area contributed by atoms with Gasteiger partial charge in [0.15, 0.2) is 22.9 Å². The van der Waals surface area contributed by atoms with Crippen molar-refractivity contribution in [3.05, 3.63) is 59.8 Å². The number of oxazole rings is 2. The van der Waals surface area contributed by atoms with E-state index >= 15 is 0 Å². The van der Waals surface area contributed by atoms with Crippen molar-refractivity contribution in [1.82, 2.24) is 9.97 Å². The molecule has 0 bridgehead atoms. The summed E-state index contributed by atoms with van der Waals surface area (Å²) in [5.74, 6) is 1.45. The average Bonchev–Trinajstić information content (AvgIpc) is 3.11. The van der Waals surface area contributed by atoms with E-state index in [4.69, 9.17) is 8.83 Å². The zero-order valence-corrected chi connectivity index (χ0v) is 14.3. The fourth-order valence-corrected chi connectivity index (χ4v) is 2.19. The highest BCUT2D eigenvalue weighted by atomic mass is 16.3. The number of hydrogen-bond donors (Lipinski definition) is 0. The number of aromatic nitrogens is 2. The van der Waals surface area contributed by atoms with Crippen LogP contribution in [-0.2, 0) is 0 Å². The number of rotatable bonds is 0. The van der Waals surface area contributed by atoms with E-state index in [1.807, 2.05) is 77.1 Å². The van der Waals surface area contributed by atoms with Gasteiger partial charge in [-0.15, -0.1) is 0 Å². The molecule has 4 heteroatoms. The fraction of sp³-hybridized carbons (Fsp3) is 0.263. The fourth-order valence-electron chi connectivity index (χ4n) is 2.19. The molecule has 0 aliphatic carbocycles. The Morgan fingerprint density at radius 1 is 0.696 bits per heavy atom. The van der Waals surface area contributed by atoms with Gasteiger partial charge < -0.3 is 8.83 Å². The smallest absolute Gasteiger partial charge is 0.192 e. The summed E-state index contributed by atoms with van der Waals surface area (Å²) in [6.07, 6.45) is 0. The van der Waals surface area contributed by atoms with Crippen LogP contribution in [0.3, 0.4) is 0 Å². The molecular formula is C19H22N2O2. The summed E-state index contributed by atoms with van der Waals surface area (Å²) in [5, 5.41) is 0. The topological polar surface area (TPSA) is 52.1 Å². The molecule has 0 aliphatic heterocycles. The van der Waals surface area contributed by atoms with Crippen molar-refractivity contribution >= 4 is 22.2 Å². The van der Waals surface area contributed by atoms with Gasteiger partial charge in [0.25, 0.3) is 0 Å². The first-order valence-electron chi connectivity index (χ1n) is 7.78. The van der Waals surface area contributed by atoms with Crippen LogP contribution in [0.4, 0.5) is 0 Å². The largest absolute Gasteiger partial charge is 0.441 e. The summed E-state index contributed by atoms with van der Waals surface area (Å²) in [4.78, 5) is 8.35. The van der Waals surface area contributed by atoms with Gasteiger partial charge in [0.2, 0.25) is 0 Å². The van der Waals surface area contributed by atoms with Gasteiger partial charge in [0.05, 0.1) is 0 Å². The lowest BCUT2D eigenvalue weighted by Crippen LogP contribution is -1.71. The van der Waals surface area contributed by atoms with Crippen molar-refractivity contribution in [1.29, 1.82) is 0 Å². The minimum atomic E-state index is 0.723. The molecule has 0 fully saturated rings. The predicted octanol–water partition coefficient (Wildman–Crippen LogP) is 5.61. The van der Waals surface area contributed by atoms with Crippen molar-refractivity contribution in [2.24, 2.45) is 0 Å². The first-order chi connectivity index (χ1) is 11.1. The Morgan fingerprint density at radius 3 is 2.00 bits per heavy atom. The van der Waals surface area contributed by atoms with E-state index in [0.29, 0.717) is 0 Å². The van der Waals surface area contributed by atoms with Gasteiger partial charge in [0.1, 0.15) is 11.0 Å². The maximum Gasteiger partial charge on any atom is 0.192 e. The highest BCUT2D eigenvalue weighted by molar-refractivity contribution is 5.75. The second-order valence-corrected chi connectivity index (χ2v) is 4.86. The lowest BCUT2D eigenvalue weighted by Gasteiger charge is -1.89. The first kappa shape index (κ1) is 16.7. The SMILES string of the molecule is CC.Cc1nc2cccc(C)c2o1.Cc1nc2ccccc2o1. The highest BCUT2D eigenvalue weighted by Crippen LogP contribution is 2.18. The summed E-state index contributed by atoms with van der Waals surface area (Å²) in [6, 6.07) is 13.7. The zero-order chi connectivity index (χ0) is 16.8. The van der Waals surface area contributed by atoms with Gasteiger partial charge in [-0.25, -0.2) is 9.97 Å². The van der Waals surface area contributed by atoms with Crippen LogP contribution >= 0.6 is 0 Å². The Kier molecular flexibility index (Phi) is 5.52. The Morgan fingerprint density at radius 2 is 1.30 bits per heavy atom. The molecule has 0 atom stereocenters. The van der Waals surface area contributed by atoms with Gasteiger partial charge in [-0.05, 0) is 30.7 Å². The van der Waals surface area contributed by atoms with E-state index in [1.54, 1.807) is 0 Å². The Labute approximate surface area is 136 Å². The molecule has 0 radical (unpaired) electrons. The molecule has 120 valence electrons. The molecule has 0 amide bonds. The molecule has 0 saturated carbocycles. The normalized spacial score (nSPS) is 9.96. The van der Waals surface area contributed by atoms with Crippen molar-refractivity contribution in [2.75, 3.05) is 0 Å². The molecule has 0 aliphatic rings. The minimum Gasteiger partial charge on any atom is -0.441 e. The van der Waals surface area contributed by atoms with Crippen LogP contribution in [0.2, 0.25) is 0 Å². The van der Waals surface area contributed by atoms with E-state index in [9.17, 15) is 0 Å². The molecule has 4 nitrogen and oxygen atoms in total. The molecule has 2 heterocycles. The molecule has 0 spiro atoms. The molecule has 23 heavy (non-hydrogen) atoms. The Balaban J connectivity index is 0.000000152. The van der Waals surface area contributed by atoms with Crippen LogP contribution < -0.4 is 0 Å². The van der Waals surface area contributed by atoms with Crippen molar-refractivity contribution in [3.8, 4) is 0 Å². The minimum absolute atomic E-state index is 0.723. The standard InChI is InChI=1S/C9H9NO.C8H7NO.C2H6/c1-6-4-3-5-8-9(6)11-7(2)10-8;1-6-9-7-4-2-3-5-8(7)10-6;1-2/h3-5H,1-2H3;2-5H,1H3;1-2H3. The molecule has 0 N–H and O–H groups in total. The van der Waals surface area contributed by atoms with E-state index in [-0.39, 0.29) is 0 Å². The van der Waals surface area contributed by atoms with Crippen LogP contribution in [0, 0.1) is 20.8 Å². The molecule has 2 aromatic heterocycles. The van der Waals surface area contributed by atoms with Crippen molar-refractivity contribution < 1.29 is 8.83 Å². The molecule has 0 unspecified atom stereocenters. The summed E-state index contributed by atoms with van der Waals surface area (Å²) in [7, 11) is 0. The van der Waals surface area contributed by atoms with E-state index in [2.05, 4.69) is 9.97 Å². The maximum atomic E-state index is 5.39. The van der Waals surface area contributed by atoms with Crippen LogP contribution in [0.25, 0.3) is 22.2 Å². The van der Waals surface area contributed by atoms with Gasteiger partial charge >= 0.3 is 0 Å². The Hall–Kier alpha value is -2.62. The average molecular weight is 310 g/mol. The summed E-state index contributed by atoms with van der Waals surface area (Å²) >= 11 is 0. The van der Waals surface area contributed by atoms with Crippen LogP contribution in [0.1, 0.15) is 31.2 Å². The van der Waals surface area contributed by atoms with Gasteiger partial charge in [-0.1, -0.05) is 38.1 Å². The zero-order valence-electron chi connectivity index (χ0n) is 14.3. The molecule has 4 rings (SSSR count). The van der Waals surface area contributed by atoms with Gasteiger partial charge in [0, 0.05) is 13.8 Å². The third-order valence-electron chi connectivity index (χ3n) is 3.12. The van der Waals surface area contributed by atoms with Gasteiger partial charge in [-0.2, -0.15) is 0 Å². The third-order valence-corrected chi connectivity index (χ3v) is 3.12. The monoisotopic (exact) mass is 310 g/mol. The predicted molar refractivity (Wildman–Crippen MR) is 93.6 cm³/mol. The second kappa shape index (κ2) is 7.58. The van der Waals surface area contributed by atoms with Crippen LogP contribution in [-0.4, -0.2) is 9.97 Å². The summed E-state index contributed by atoms with van der Waals surface area (Å²) < 4.78 is 10.6. The molecule has 0 saturated heterocycles. The Bertz CT molecular complexity index is 858. The van der Waals surface area contributed by atoms with E-state index in [0.717, 1.165) is 39.5 Å². The summed E-state index contributed by atoms with van der Waals surface area (Å²) in [6.45, 7) is 9.73. The van der Waals surface area contributed by atoms with Crippen molar-refractivity contribution in [2.45, 2.75) is 34.6 Å². The maximum absolute atomic E-state index is 5.39. The van der Waals surface area contributed by atoms with Crippen molar-refractivity contribution in [3.63, 3.8) is 0 Å². The van der Waals surface area contributed by atoms with E-state index in [1.165, 1.54) is 0 Å². The first-order valence-corrected chi connectivity index (χ1v) is 7.78. The number of aryl methyl sites for hydroxylation is 3. The second-order valence-electron chi connectivity index (χ2n) is 4.86. The number of hydrogen-bond acceptors (Lipinski definition) is 4. The number of para-hydroxylation sites is 3. The quantitative estimate of drug-likeness (QED) is 0.424. The number of benzene rings is 2.